The Morgan fingerprint density at radius 3 is 0.890 bits per heavy atom. The topological polar surface area (TPSA) is 0 Å². The summed E-state index contributed by atoms with van der Waals surface area (Å²) < 4.78 is 173. The summed E-state index contributed by atoms with van der Waals surface area (Å²) in [7, 11) is 0.137. The van der Waals surface area contributed by atoms with E-state index in [0.717, 1.165) is 46.5 Å². The van der Waals surface area contributed by atoms with Crippen molar-refractivity contribution in [3.63, 3.8) is 0 Å². The molecule has 366 valence electrons. The minimum Gasteiger partial charge on any atom is -0.166 e. The molecule has 13 heteroatoms. The van der Waals surface area contributed by atoms with Crippen molar-refractivity contribution in [3.05, 3.63) is 238 Å². The zero-order valence-electron chi connectivity index (χ0n) is 38.1. The van der Waals surface area contributed by atoms with Gasteiger partial charge in [0.2, 0.25) is 0 Å². The first kappa shape index (κ1) is 49.2. The van der Waals surface area contributed by atoms with Gasteiger partial charge in [0.25, 0.3) is 0 Å². The number of hydrogen-bond acceptors (Lipinski definition) is 0. The minimum absolute atomic E-state index is 0.119. The van der Waals surface area contributed by atoms with Crippen LogP contribution in [-0.4, -0.2) is 9.52 Å². The molecule has 2 radical (unpaired) electrons. The monoisotopic (exact) mass is 1010 g/mol. The summed E-state index contributed by atoms with van der Waals surface area (Å²) in [4.78, 5) is 0. The molecule has 0 heterocycles. The van der Waals surface area contributed by atoms with Gasteiger partial charge in [-0.15, -0.1) is 0 Å². The second-order valence-electron chi connectivity index (χ2n) is 18.0. The molecule has 2 atom stereocenters. The van der Waals surface area contributed by atoms with Gasteiger partial charge in [-0.1, -0.05) is 158 Å². The summed E-state index contributed by atoms with van der Waals surface area (Å²) in [6.45, 7) is 0. The largest absolute Gasteiger partial charge is 0.416 e. The fourth-order valence-electron chi connectivity index (χ4n) is 10.2. The molecule has 0 N–H and O–H groups in total. The quantitative estimate of drug-likeness (QED) is 0.0946. The second-order valence-corrected chi connectivity index (χ2v) is 19.3. The third-order valence-electron chi connectivity index (χ3n) is 13.5. The molecule has 73 heavy (non-hydrogen) atoms. The van der Waals surface area contributed by atoms with Crippen LogP contribution in [0.25, 0.3) is 67.8 Å². The number of benzene rings is 8. The van der Waals surface area contributed by atoms with Crippen molar-refractivity contribution in [1.29, 1.82) is 0 Å². The first-order valence-electron chi connectivity index (χ1n) is 23.0. The van der Waals surface area contributed by atoms with E-state index >= 15 is 0 Å². The summed E-state index contributed by atoms with van der Waals surface area (Å²) in [5, 5.41) is 0. The molecule has 2 aliphatic carbocycles. The van der Waals surface area contributed by atoms with Crippen LogP contribution in [0.15, 0.2) is 182 Å². The van der Waals surface area contributed by atoms with Crippen LogP contribution < -0.4 is 0 Å². The van der Waals surface area contributed by atoms with Crippen LogP contribution in [0.5, 0.6) is 0 Å². The highest BCUT2D eigenvalue weighted by molar-refractivity contribution is 6.37. The Kier molecular flexibility index (Phi) is 12.7. The van der Waals surface area contributed by atoms with Crippen LogP contribution >= 0.6 is 0 Å². The lowest BCUT2D eigenvalue weighted by Gasteiger charge is -2.23. The van der Waals surface area contributed by atoms with E-state index in [-0.39, 0.29) is 55.7 Å². The lowest BCUT2D eigenvalue weighted by molar-refractivity contribution is -0.144. The van der Waals surface area contributed by atoms with E-state index in [1.807, 2.05) is 84.9 Å². The summed E-state index contributed by atoms with van der Waals surface area (Å²) in [5.74, 6) is -0.779. The summed E-state index contributed by atoms with van der Waals surface area (Å²) in [6.07, 6.45) is -16.7. The van der Waals surface area contributed by atoms with Gasteiger partial charge < -0.3 is 0 Å². The van der Waals surface area contributed by atoms with Gasteiger partial charge in [-0.3, -0.25) is 0 Å². The van der Waals surface area contributed by atoms with Crippen LogP contribution in [0, 0.1) is 0 Å². The van der Waals surface area contributed by atoms with Crippen molar-refractivity contribution in [2.24, 2.45) is 0 Å². The van der Waals surface area contributed by atoms with Crippen molar-refractivity contribution in [2.75, 3.05) is 0 Å². The molecule has 0 spiro atoms. The second kappa shape index (κ2) is 18.9. The van der Waals surface area contributed by atoms with E-state index in [2.05, 4.69) is 0 Å². The van der Waals surface area contributed by atoms with Crippen LogP contribution in [0.4, 0.5) is 52.7 Å². The van der Waals surface area contributed by atoms with Gasteiger partial charge >= 0.3 is 24.7 Å². The lowest BCUT2D eigenvalue weighted by Crippen LogP contribution is -2.11. The fourth-order valence-corrected chi connectivity index (χ4v) is 11.8. The molecule has 8 aromatic carbocycles. The standard InChI is InChI=1S/C60H38F12Si/c61-57(62,63)41-25-39(26-42(29-41)58(64,65)66)55-45(35-13-5-1-6-14-35)21-23-47-51(55)31-49(37-17-9-3-10-18-37)53(47)33-73-34-54-48-24-22-46(36-15-7-2-8-16-36)56(52(48)32-50(54)38-19-11-4-12-20-38)40-27-43(59(67,68)69)30-44(28-40)60(70,71)72/h1-32,53-54H,33-34H2. The fraction of sp³-hybridized carbons (Fsp3) is 0.133. The molecule has 8 aromatic rings. The van der Waals surface area contributed by atoms with Gasteiger partial charge in [-0.05, 0) is 138 Å². The Labute approximate surface area is 414 Å². The zero-order valence-corrected chi connectivity index (χ0v) is 39.1. The van der Waals surface area contributed by atoms with Crippen LogP contribution in [0.2, 0.25) is 12.1 Å². The molecule has 2 aliphatic rings. The molecule has 0 amide bonds. The molecular formula is C60H38F12Si. The third kappa shape index (κ3) is 9.82. The number of halogens is 12. The van der Waals surface area contributed by atoms with Crippen molar-refractivity contribution in [2.45, 2.75) is 48.6 Å². The van der Waals surface area contributed by atoms with Gasteiger partial charge in [0.15, 0.2) is 0 Å². The smallest absolute Gasteiger partial charge is 0.166 e. The van der Waals surface area contributed by atoms with Gasteiger partial charge in [0, 0.05) is 21.4 Å². The Morgan fingerprint density at radius 2 is 0.603 bits per heavy atom. The maximum Gasteiger partial charge on any atom is 0.416 e. The molecule has 0 aliphatic heterocycles. The average molecular weight is 1020 g/mol. The van der Waals surface area contributed by atoms with E-state index in [1.165, 1.54) is 0 Å². The van der Waals surface area contributed by atoms with Gasteiger partial charge in [0.1, 0.15) is 0 Å². The van der Waals surface area contributed by atoms with Gasteiger partial charge in [0.05, 0.1) is 22.3 Å². The zero-order chi connectivity index (χ0) is 51.5. The number of fused-ring (bicyclic) bond motifs is 2. The highest BCUT2D eigenvalue weighted by atomic mass is 28.2. The SMILES string of the molecule is FC(F)(F)c1cc(-c2c(-c3ccccc3)ccc3c2C=C(c2ccccc2)C3C[Si]CC2C(c3ccccc3)=Cc3c2ccc(-c2ccccc2)c3-c2cc(C(F)(F)F)cc(C(F)(F)F)c2)cc(C(F)(F)F)c1. The summed E-state index contributed by atoms with van der Waals surface area (Å²) in [5.41, 5.74) is 1.80. The minimum atomic E-state index is -5.09. The molecule has 0 nitrogen and oxygen atoms in total. The molecule has 0 fully saturated rings. The van der Waals surface area contributed by atoms with E-state index in [9.17, 15) is 52.7 Å². The van der Waals surface area contributed by atoms with E-state index in [4.69, 9.17) is 0 Å². The van der Waals surface area contributed by atoms with Crippen molar-refractivity contribution in [3.8, 4) is 44.5 Å². The summed E-state index contributed by atoms with van der Waals surface area (Å²) >= 11 is 0. The molecular weight excluding hydrogens is 977 g/mol. The number of hydrogen-bond donors (Lipinski definition) is 0. The first-order chi connectivity index (χ1) is 34.7. The first-order valence-corrected chi connectivity index (χ1v) is 24.4. The normalized spacial score (nSPS) is 15.7. The van der Waals surface area contributed by atoms with Crippen LogP contribution in [-0.2, 0) is 24.7 Å². The molecule has 10 rings (SSSR count). The lowest BCUT2D eigenvalue weighted by atomic mass is 9.85. The number of allylic oxidation sites excluding steroid dienone is 2. The van der Waals surface area contributed by atoms with Crippen molar-refractivity contribution >= 4 is 32.8 Å². The molecule has 0 bridgehead atoms. The van der Waals surface area contributed by atoms with Gasteiger partial charge in [-0.25, -0.2) is 0 Å². The van der Waals surface area contributed by atoms with E-state index in [1.54, 1.807) is 72.8 Å². The van der Waals surface area contributed by atoms with Crippen molar-refractivity contribution < 1.29 is 52.7 Å². The molecule has 2 unspecified atom stereocenters. The molecule has 0 aromatic heterocycles. The highest BCUT2D eigenvalue weighted by Gasteiger charge is 2.40. The number of alkyl halides is 12. The highest BCUT2D eigenvalue weighted by Crippen LogP contribution is 2.54. The molecule has 0 saturated heterocycles. The predicted molar refractivity (Wildman–Crippen MR) is 264 cm³/mol. The van der Waals surface area contributed by atoms with Crippen LogP contribution in [0.1, 0.15) is 67.5 Å². The third-order valence-corrected chi connectivity index (χ3v) is 14.9. The Hall–Kier alpha value is -7.38. The van der Waals surface area contributed by atoms with E-state index < -0.39 is 47.0 Å². The summed E-state index contributed by atoms with van der Waals surface area (Å²) in [6, 6.07) is 47.5. The Bertz CT molecular complexity index is 3110. The average Bonchev–Trinajstić information content (AvgIpc) is 3.94. The molecule has 0 saturated carbocycles. The van der Waals surface area contributed by atoms with Crippen molar-refractivity contribution in [1.82, 2.24) is 0 Å². The Morgan fingerprint density at radius 1 is 0.315 bits per heavy atom. The maximum atomic E-state index is 14.5. The predicted octanol–water partition coefficient (Wildman–Crippen LogP) is 18.9. The number of rotatable bonds is 10. The van der Waals surface area contributed by atoms with Gasteiger partial charge in [-0.2, -0.15) is 52.7 Å². The maximum absolute atomic E-state index is 14.5. The Balaban J connectivity index is 1.11. The van der Waals surface area contributed by atoms with E-state index in [0.29, 0.717) is 56.6 Å². The van der Waals surface area contributed by atoms with Crippen LogP contribution in [0.3, 0.4) is 0 Å².